The number of hydrogen-bond acceptors (Lipinski definition) is 5. The Morgan fingerprint density at radius 1 is 1.29 bits per heavy atom. The first kappa shape index (κ1) is 19.4. The summed E-state index contributed by atoms with van der Waals surface area (Å²) in [6.45, 7) is 3.46. The van der Waals surface area contributed by atoms with E-state index in [0.29, 0.717) is 32.8 Å². The Kier molecular flexibility index (Phi) is 4.98. The van der Waals surface area contributed by atoms with Crippen LogP contribution in [0.4, 0.5) is 5.95 Å². The van der Waals surface area contributed by atoms with E-state index in [9.17, 15) is 4.79 Å². The lowest BCUT2D eigenvalue weighted by Gasteiger charge is -2.28. The van der Waals surface area contributed by atoms with Crippen LogP contribution in [-0.4, -0.2) is 35.0 Å². The molecule has 1 unspecified atom stereocenters. The number of aromatic nitrogens is 2. The van der Waals surface area contributed by atoms with Crippen LogP contribution in [-0.2, 0) is 0 Å². The van der Waals surface area contributed by atoms with E-state index in [4.69, 9.17) is 34.7 Å². The van der Waals surface area contributed by atoms with Crippen LogP contribution in [0.15, 0.2) is 18.2 Å². The van der Waals surface area contributed by atoms with Gasteiger partial charge in [0.25, 0.3) is 5.91 Å². The molecule has 1 spiro atoms. The van der Waals surface area contributed by atoms with Crippen LogP contribution in [0.1, 0.15) is 41.9 Å². The van der Waals surface area contributed by atoms with Gasteiger partial charge >= 0.3 is 0 Å². The molecule has 1 aliphatic carbocycles. The van der Waals surface area contributed by atoms with Crippen molar-refractivity contribution in [1.29, 1.82) is 0 Å². The first-order valence-corrected chi connectivity index (χ1v) is 10.2. The van der Waals surface area contributed by atoms with Crippen LogP contribution in [0, 0.1) is 12.3 Å². The molecule has 2 aliphatic rings. The summed E-state index contributed by atoms with van der Waals surface area (Å²) in [7, 11) is 0. The highest BCUT2D eigenvalue weighted by Crippen LogP contribution is 2.45. The molecule has 1 amide bonds. The average molecular weight is 420 g/mol. The minimum Gasteiger partial charge on any atom is -0.364 e. The standard InChI is InChI=1S/C20H23Cl2N5O/c1-11-15(12-4-2-5-13(21)16(12)22)17(18(24)28)26-19(25-11)27-9-8-20(10-27)7-3-6-14(20)23/h2,4-5,14H,3,6-10,23H2,1H3,(H2,24,28)/t14?,20-/m0/s1. The lowest BCUT2D eigenvalue weighted by Crippen LogP contribution is -2.39. The number of rotatable bonds is 3. The lowest BCUT2D eigenvalue weighted by molar-refractivity contribution is 0.0996. The molecule has 0 bridgehead atoms. The van der Waals surface area contributed by atoms with Gasteiger partial charge in [-0.2, -0.15) is 0 Å². The summed E-state index contributed by atoms with van der Waals surface area (Å²) in [5.74, 6) is -0.103. The predicted molar refractivity (Wildman–Crippen MR) is 112 cm³/mol. The topological polar surface area (TPSA) is 98.1 Å². The van der Waals surface area contributed by atoms with Gasteiger partial charge in [0.15, 0.2) is 0 Å². The van der Waals surface area contributed by atoms with Gasteiger partial charge in [0, 0.05) is 35.7 Å². The highest BCUT2D eigenvalue weighted by Gasteiger charge is 2.46. The normalized spacial score (nSPS) is 24.3. The molecule has 6 nitrogen and oxygen atoms in total. The number of nitrogens with two attached hydrogens (primary N) is 2. The highest BCUT2D eigenvalue weighted by molar-refractivity contribution is 6.43. The number of carbonyl (C=O) groups excluding carboxylic acids is 1. The van der Waals surface area contributed by atoms with Crippen molar-refractivity contribution in [3.63, 3.8) is 0 Å². The Morgan fingerprint density at radius 3 is 2.75 bits per heavy atom. The van der Waals surface area contributed by atoms with E-state index in [-0.39, 0.29) is 17.2 Å². The van der Waals surface area contributed by atoms with Crippen molar-refractivity contribution in [3.05, 3.63) is 39.6 Å². The third kappa shape index (κ3) is 3.13. The molecule has 2 fully saturated rings. The molecule has 4 rings (SSSR count). The van der Waals surface area contributed by atoms with Gasteiger partial charge in [-0.15, -0.1) is 0 Å². The van der Waals surface area contributed by atoms with Gasteiger partial charge < -0.3 is 16.4 Å². The largest absolute Gasteiger partial charge is 0.364 e. The zero-order valence-electron chi connectivity index (χ0n) is 15.7. The molecular formula is C20H23Cl2N5O. The van der Waals surface area contributed by atoms with Gasteiger partial charge in [0.2, 0.25) is 5.95 Å². The number of anilines is 1. The number of amides is 1. The Morgan fingerprint density at radius 2 is 2.07 bits per heavy atom. The molecule has 8 heteroatoms. The zero-order chi connectivity index (χ0) is 20.1. The van der Waals surface area contributed by atoms with E-state index < -0.39 is 5.91 Å². The molecule has 2 heterocycles. The minimum absolute atomic E-state index is 0.124. The SMILES string of the molecule is Cc1nc(N2CC[C@@]3(CCCC3N)C2)nc(C(N)=O)c1-c1cccc(Cl)c1Cl. The molecular weight excluding hydrogens is 397 g/mol. The summed E-state index contributed by atoms with van der Waals surface area (Å²) in [5.41, 5.74) is 14.1. The number of benzene rings is 1. The van der Waals surface area contributed by atoms with Crippen LogP contribution < -0.4 is 16.4 Å². The van der Waals surface area contributed by atoms with E-state index in [1.165, 1.54) is 0 Å². The molecule has 2 atom stereocenters. The minimum atomic E-state index is -0.621. The molecule has 0 radical (unpaired) electrons. The van der Waals surface area contributed by atoms with E-state index in [1.54, 1.807) is 18.2 Å². The smallest absolute Gasteiger partial charge is 0.268 e. The van der Waals surface area contributed by atoms with Crippen molar-refractivity contribution in [2.45, 2.75) is 38.6 Å². The second kappa shape index (κ2) is 7.17. The third-order valence-corrected chi connectivity index (χ3v) is 7.00. The summed E-state index contributed by atoms with van der Waals surface area (Å²) in [6.07, 6.45) is 4.37. The second-order valence-corrected chi connectivity index (χ2v) is 8.62. The lowest BCUT2D eigenvalue weighted by atomic mass is 9.82. The van der Waals surface area contributed by atoms with Crippen molar-refractivity contribution in [2.75, 3.05) is 18.0 Å². The number of aryl methyl sites for hydroxylation is 1. The fourth-order valence-electron chi connectivity index (χ4n) is 4.64. The first-order chi connectivity index (χ1) is 13.3. The van der Waals surface area contributed by atoms with E-state index in [2.05, 4.69) is 14.9 Å². The zero-order valence-corrected chi connectivity index (χ0v) is 17.2. The summed E-state index contributed by atoms with van der Waals surface area (Å²) in [5, 5.41) is 0.748. The molecule has 1 aromatic heterocycles. The van der Waals surface area contributed by atoms with Crippen LogP contribution in [0.5, 0.6) is 0 Å². The van der Waals surface area contributed by atoms with Crippen LogP contribution >= 0.6 is 23.2 Å². The van der Waals surface area contributed by atoms with Crippen molar-refractivity contribution < 1.29 is 4.79 Å². The number of primary amides is 1. The number of carbonyl (C=O) groups is 1. The summed E-state index contributed by atoms with van der Waals surface area (Å²) in [4.78, 5) is 23.6. The van der Waals surface area contributed by atoms with Crippen molar-refractivity contribution >= 4 is 35.1 Å². The van der Waals surface area contributed by atoms with E-state index >= 15 is 0 Å². The Hall–Kier alpha value is -1.89. The van der Waals surface area contributed by atoms with E-state index in [0.717, 1.165) is 38.8 Å². The number of halogens is 2. The van der Waals surface area contributed by atoms with Crippen LogP contribution in [0.2, 0.25) is 10.0 Å². The molecule has 2 aromatic rings. The van der Waals surface area contributed by atoms with Gasteiger partial charge in [0.1, 0.15) is 5.69 Å². The van der Waals surface area contributed by atoms with Gasteiger partial charge in [-0.05, 0) is 32.3 Å². The van der Waals surface area contributed by atoms with Gasteiger partial charge in [-0.25, -0.2) is 9.97 Å². The van der Waals surface area contributed by atoms with Crippen LogP contribution in [0.3, 0.4) is 0 Å². The van der Waals surface area contributed by atoms with Crippen molar-refractivity contribution in [1.82, 2.24) is 9.97 Å². The van der Waals surface area contributed by atoms with Crippen molar-refractivity contribution in [3.8, 4) is 11.1 Å². The van der Waals surface area contributed by atoms with Crippen LogP contribution in [0.25, 0.3) is 11.1 Å². The molecule has 148 valence electrons. The summed E-state index contributed by atoms with van der Waals surface area (Å²) in [6, 6.07) is 5.46. The average Bonchev–Trinajstić information content (AvgIpc) is 3.24. The second-order valence-electron chi connectivity index (χ2n) is 7.83. The van der Waals surface area contributed by atoms with E-state index in [1.807, 2.05) is 6.92 Å². The maximum atomic E-state index is 12.2. The Balaban J connectivity index is 1.76. The maximum Gasteiger partial charge on any atom is 0.268 e. The molecule has 1 aromatic carbocycles. The molecule has 1 saturated heterocycles. The third-order valence-electron chi connectivity index (χ3n) is 6.18. The molecule has 1 aliphatic heterocycles. The monoisotopic (exact) mass is 419 g/mol. The Labute approximate surface area is 174 Å². The molecule has 28 heavy (non-hydrogen) atoms. The fourth-order valence-corrected chi connectivity index (χ4v) is 5.03. The summed E-state index contributed by atoms with van der Waals surface area (Å²) >= 11 is 12.5. The fraction of sp³-hybridized carbons (Fsp3) is 0.450. The predicted octanol–water partition coefficient (Wildman–Crippen LogP) is 3.57. The molecule has 4 N–H and O–H groups in total. The summed E-state index contributed by atoms with van der Waals surface area (Å²) < 4.78 is 0. The van der Waals surface area contributed by atoms with Gasteiger partial charge in [-0.1, -0.05) is 41.8 Å². The van der Waals surface area contributed by atoms with Crippen molar-refractivity contribution in [2.24, 2.45) is 16.9 Å². The highest BCUT2D eigenvalue weighted by atomic mass is 35.5. The quantitative estimate of drug-likeness (QED) is 0.791. The maximum absolute atomic E-state index is 12.2. The Bertz CT molecular complexity index is 950. The number of nitrogens with zero attached hydrogens (tertiary/aromatic N) is 3. The van der Waals surface area contributed by atoms with Gasteiger partial charge in [0.05, 0.1) is 15.7 Å². The first-order valence-electron chi connectivity index (χ1n) is 9.46. The van der Waals surface area contributed by atoms with Gasteiger partial charge in [-0.3, -0.25) is 4.79 Å². The number of hydrogen-bond donors (Lipinski definition) is 2. The molecule has 1 saturated carbocycles.